The lowest BCUT2D eigenvalue weighted by Gasteiger charge is -2.00. The van der Waals surface area contributed by atoms with Crippen molar-refractivity contribution < 1.29 is 13.9 Å². The van der Waals surface area contributed by atoms with Crippen LogP contribution in [0.3, 0.4) is 0 Å². The minimum atomic E-state index is -0.549. The maximum Gasteiger partial charge on any atom is 0.356 e. The van der Waals surface area contributed by atoms with Gasteiger partial charge in [0.1, 0.15) is 5.82 Å². The van der Waals surface area contributed by atoms with Crippen LogP contribution in [0.5, 0.6) is 0 Å². The molecule has 1 aromatic heterocycles. The van der Waals surface area contributed by atoms with Crippen molar-refractivity contribution in [3.05, 3.63) is 29.3 Å². The molecule has 0 amide bonds. The van der Waals surface area contributed by atoms with E-state index in [0.717, 1.165) is 6.20 Å². The second kappa shape index (κ2) is 6.07. The molecule has 0 fully saturated rings. The van der Waals surface area contributed by atoms with E-state index in [1.807, 2.05) is 13.8 Å². The van der Waals surface area contributed by atoms with Gasteiger partial charge in [0, 0.05) is 0 Å². The number of hydrogen-bond acceptors (Lipinski definition) is 3. The molecule has 4 heteroatoms. The highest BCUT2D eigenvalue weighted by Crippen LogP contribution is 2.07. The first-order chi connectivity index (χ1) is 6.65. The number of aromatic nitrogens is 1. The van der Waals surface area contributed by atoms with E-state index < -0.39 is 11.8 Å². The van der Waals surface area contributed by atoms with E-state index in [4.69, 9.17) is 0 Å². The van der Waals surface area contributed by atoms with E-state index in [9.17, 15) is 9.18 Å². The number of ether oxygens (including phenoxy) is 1. The molecule has 0 unspecified atom stereocenters. The standard InChI is InChI=1S/C8H8FNO2.C2H6/c1-5-3-6(9)4-10-7(5)8(11)12-2;1-2/h3-4H,1-2H3;1-2H3. The van der Waals surface area contributed by atoms with Crippen LogP contribution in [0.1, 0.15) is 29.9 Å². The maximum absolute atomic E-state index is 12.5. The van der Waals surface area contributed by atoms with Gasteiger partial charge in [0.2, 0.25) is 0 Å². The van der Waals surface area contributed by atoms with Crippen LogP contribution < -0.4 is 0 Å². The summed E-state index contributed by atoms with van der Waals surface area (Å²) in [5.41, 5.74) is 0.626. The Hall–Kier alpha value is -1.45. The fraction of sp³-hybridized carbons (Fsp3) is 0.400. The number of aryl methyl sites for hydroxylation is 1. The third-order valence-electron chi connectivity index (χ3n) is 1.42. The normalized spacial score (nSPS) is 8.64. The van der Waals surface area contributed by atoms with Crippen LogP contribution in [-0.2, 0) is 4.74 Å². The monoisotopic (exact) mass is 199 g/mol. The van der Waals surface area contributed by atoms with Gasteiger partial charge in [-0.05, 0) is 18.6 Å². The number of rotatable bonds is 1. The molecule has 0 aliphatic rings. The van der Waals surface area contributed by atoms with Gasteiger partial charge in [-0.2, -0.15) is 0 Å². The van der Waals surface area contributed by atoms with Gasteiger partial charge in [0.05, 0.1) is 13.3 Å². The number of esters is 1. The number of methoxy groups -OCH3 is 1. The Kier molecular flexibility index (Phi) is 5.44. The second-order valence-electron chi connectivity index (χ2n) is 2.31. The van der Waals surface area contributed by atoms with Gasteiger partial charge in [-0.15, -0.1) is 0 Å². The molecule has 1 heterocycles. The van der Waals surface area contributed by atoms with Crippen LogP contribution in [0.2, 0.25) is 0 Å². The minimum absolute atomic E-state index is 0.152. The molecule has 0 spiro atoms. The van der Waals surface area contributed by atoms with E-state index in [0.29, 0.717) is 5.56 Å². The van der Waals surface area contributed by atoms with E-state index in [1.165, 1.54) is 13.2 Å². The molecule has 0 aliphatic carbocycles. The predicted octanol–water partition coefficient (Wildman–Crippen LogP) is 2.34. The minimum Gasteiger partial charge on any atom is -0.464 e. The summed E-state index contributed by atoms with van der Waals surface area (Å²) in [5, 5.41) is 0. The molecule has 0 bridgehead atoms. The summed E-state index contributed by atoms with van der Waals surface area (Å²) in [5.74, 6) is -1.01. The zero-order valence-corrected chi connectivity index (χ0v) is 8.80. The molecule has 0 N–H and O–H groups in total. The van der Waals surface area contributed by atoms with Gasteiger partial charge in [0.15, 0.2) is 5.69 Å². The van der Waals surface area contributed by atoms with Crippen LogP contribution >= 0.6 is 0 Å². The molecule has 1 aromatic rings. The van der Waals surface area contributed by atoms with Crippen LogP contribution in [0.4, 0.5) is 4.39 Å². The molecule has 0 saturated heterocycles. The Bertz CT molecular complexity index is 313. The molecule has 0 atom stereocenters. The van der Waals surface area contributed by atoms with Gasteiger partial charge < -0.3 is 4.74 Å². The summed E-state index contributed by atoms with van der Waals surface area (Å²) in [7, 11) is 1.26. The average Bonchev–Trinajstić information content (AvgIpc) is 2.20. The molecule has 78 valence electrons. The molecule has 0 aromatic carbocycles. The van der Waals surface area contributed by atoms with Crippen molar-refractivity contribution in [2.75, 3.05) is 7.11 Å². The number of carbonyl (C=O) groups is 1. The average molecular weight is 199 g/mol. The summed E-state index contributed by atoms with van der Waals surface area (Å²) in [6.07, 6.45) is 0.985. The first-order valence-corrected chi connectivity index (χ1v) is 4.35. The molecular formula is C10H14FNO2. The largest absolute Gasteiger partial charge is 0.464 e. The fourth-order valence-corrected chi connectivity index (χ4v) is 0.851. The van der Waals surface area contributed by atoms with Crippen LogP contribution in [0, 0.1) is 12.7 Å². The smallest absolute Gasteiger partial charge is 0.356 e. The zero-order chi connectivity index (χ0) is 11.1. The molecular weight excluding hydrogens is 185 g/mol. The Labute approximate surface area is 82.9 Å². The number of halogens is 1. The van der Waals surface area contributed by atoms with Crippen LogP contribution in [-0.4, -0.2) is 18.1 Å². The topological polar surface area (TPSA) is 39.2 Å². The maximum atomic E-state index is 12.5. The second-order valence-corrected chi connectivity index (χ2v) is 2.31. The fourth-order valence-electron chi connectivity index (χ4n) is 0.851. The highest BCUT2D eigenvalue weighted by atomic mass is 19.1. The molecule has 0 saturated carbocycles. The molecule has 14 heavy (non-hydrogen) atoms. The Morgan fingerprint density at radius 1 is 1.50 bits per heavy atom. The van der Waals surface area contributed by atoms with Crippen LogP contribution in [0.25, 0.3) is 0 Å². The SMILES string of the molecule is CC.COC(=O)c1ncc(F)cc1C. The highest BCUT2D eigenvalue weighted by Gasteiger charge is 2.10. The molecule has 0 radical (unpaired) electrons. The lowest BCUT2D eigenvalue weighted by molar-refractivity contribution is 0.0593. The quantitative estimate of drug-likeness (QED) is 0.652. The lowest BCUT2D eigenvalue weighted by atomic mass is 10.2. The number of pyridine rings is 1. The van der Waals surface area contributed by atoms with Crippen molar-refractivity contribution in [2.45, 2.75) is 20.8 Å². The molecule has 0 aliphatic heterocycles. The van der Waals surface area contributed by atoms with Gasteiger partial charge in [-0.3, -0.25) is 0 Å². The van der Waals surface area contributed by atoms with Crippen molar-refractivity contribution in [3.8, 4) is 0 Å². The van der Waals surface area contributed by atoms with Crippen molar-refractivity contribution in [1.82, 2.24) is 4.98 Å². The number of nitrogens with zero attached hydrogens (tertiary/aromatic N) is 1. The Morgan fingerprint density at radius 2 is 2.07 bits per heavy atom. The Balaban J connectivity index is 0.000000791. The van der Waals surface area contributed by atoms with E-state index in [2.05, 4.69) is 9.72 Å². The van der Waals surface area contributed by atoms with E-state index >= 15 is 0 Å². The van der Waals surface area contributed by atoms with Gasteiger partial charge in [-0.25, -0.2) is 14.2 Å². The first-order valence-electron chi connectivity index (χ1n) is 4.35. The first kappa shape index (κ1) is 12.6. The summed E-state index contributed by atoms with van der Waals surface area (Å²) < 4.78 is 16.9. The summed E-state index contributed by atoms with van der Waals surface area (Å²) in [6, 6.07) is 1.24. The zero-order valence-electron chi connectivity index (χ0n) is 8.80. The number of carbonyl (C=O) groups excluding carboxylic acids is 1. The third kappa shape index (κ3) is 3.12. The van der Waals surface area contributed by atoms with Crippen molar-refractivity contribution >= 4 is 5.97 Å². The molecule has 3 nitrogen and oxygen atoms in total. The van der Waals surface area contributed by atoms with Crippen molar-refractivity contribution in [1.29, 1.82) is 0 Å². The summed E-state index contributed by atoms with van der Waals surface area (Å²) in [6.45, 7) is 5.60. The van der Waals surface area contributed by atoms with Crippen molar-refractivity contribution in [3.63, 3.8) is 0 Å². The summed E-state index contributed by atoms with van der Waals surface area (Å²) >= 11 is 0. The van der Waals surface area contributed by atoms with E-state index in [1.54, 1.807) is 6.92 Å². The van der Waals surface area contributed by atoms with Gasteiger partial charge in [0.25, 0.3) is 0 Å². The van der Waals surface area contributed by atoms with Crippen LogP contribution in [0.15, 0.2) is 12.3 Å². The highest BCUT2D eigenvalue weighted by molar-refractivity contribution is 5.88. The van der Waals surface area contributed by atoms with Crippen molar-refractivity contribution in [2.24, 2.45) is 0 Å². The summed E-state index contributed by atoms with van der Waals surface area (Å²) in [4.78, 5) is 14.5. The molecule has 1 rings (SSSR count). The number of hydrogen-bond donors (Lipinski definition) is 0. The van der Waals surface area contributed by atoms with Gasteiger partial charge >= 0.3 is 5.97 Å². The third-order valence-corrected chi connectivity index (χ3v) is 1.42. The van der Waals surface area contributed by atoms with Gasteiger partial charge in [-0.1, -0.05) is 13.8 Å². The Morgan fingerprint density at radius 3 is 2.50 bits per heavy atom. The predicted molar refractivity (Wildman–Crippen MR) is 51.6 cm³/mol. The lowest BCUT2D eigenvalue weighted by Crippen LogP contribution is -2.06. The van der Waals surface area contributed by atoms with E-state index in [-0.39, 0.29) is 5.69 Å².